The van der Waals surface area contributed by atoms with Crippen molar-refractivity contribution in [3.05, 3.63) is 35.4 Å². The Balaban J connectivity index is 2.01. The lowest BCUT2D eigenvalue weighted by atomic mass is 9.90. The lowest BCUT2D eigenvalue weighted by molar-refractivity contribution is -0.138. The van der Waals surface area contributed by atoms with Crippen LogP contribution in [0.2, 0.25) is 0 Å². The highest BCUT2D eigenvalue weighted by atomic mass is 16.4. The van der Waals surface area contributed by atoms with Crippen molar-refractivity contribution >= 4 is 11.9 Å². The van der Waals surface area contributed by atoms with Crippen LogP contribution in [0.1, 0.15) is 29.9 Å². The van der Waals surface area contributed by atoms with E-state index in [4.69, 9.17) is 5.11 Å². The highest BCUT2D eigenvalue weighted by Gasteiger charge is 2.28. The number of rotatable bonds is 5. The molecule has 1 aliphatic heterocycles. The number of fused-ring (bicyclic) bond motifs is 1. The Morgan fingerprint density at radius 1 is 1.40 bits per heavy atom. The molecule has 2 N–H and O–H groups in total. The number of carboxylic acids is 1. The smallest absolute Gasteiger partial charge is 0.303 e. The Labute approximate surface area is 118 Å². The average molecular weight is 276 g/mol. The number of likely N-dealkylation sites (N-methyl/N-ethyl adjacent to an activating group) is 1. The molecule has 1 unspecified atom stereocenters. The molecule has 5 heteroatoms. The molecule has 1 aromatic carbocycles. The summed E-state index contributed by atoms with van der Waals surface area (Å²) in [4.78, 5) is 24.6. The third-order valence-corrected chi connectivity index (χ3v) is 3.65. The molecule has 1 aromatic rings. The van der Waals surface area contributed by atoms with Crippen LogP contribution in [0.15, 0.2) is 24.3 Å². The molecule has 0 saturated heterocycles. The van der Waals surface area contributed by atoms with E-state index in [0.717, 1.165) is 17.7 Å². The number of aliphatic carboxylic acids is 1. The van der Waals surface area contributed by atoms with Crippen LogP contribution in [0.25, 0.3) is 0 Å². The maximum Gasteiger partial charge on any atom is 0.303 e. The normalized spacial score (nSPS) is 17.4. The summed E-state index contributed by atoms with van der Waals surface area (Å²) in [6, 6.07) is 7.97. The molecule has 0 fully saturated rings. The van der Waals surface area contributed by atoms with Gasteiger partial charge in [-0.25, -0.2) is 0 Å². The molecule has 0 saturated carbocycles. The first-order chi connectivity index (χ1) is 9.59. The van der Waals surface area contributed by atoms with Gasteiger partial charge in [0.1, 0.15) is 0 Å². The number of carbonyl (C=O) groups excluding carboxylic acids is 1. The SMILES string of the molecule is CN(CCCC(=O)O)C(=O)C1CNCc2ccccc21. The van der Waals surface area contributed by atoms with Crippen LogP contribution >= 0.6 is 0 Å². The number of carboxylic acid groups (broad SMARTS) is 1. The van der Waals surface area contributed by atoms with Crippen molar-refractivity contribution in [1.29, 1.82) is 0 Å². The standard InChI is InChI=1S/C15H20N2O3/c1-17(8-4-7-14(18)19)15(20)13-10-16-9-11-5-2-3-6-12(11)13/h2-3,5-6,13,16H,4,7-10H2,1H3,(H,18,19). The second kappa shape index (κ2) is 6.52. The fourth-order valence-corrected chi connectivity index (χ4v) is 2.56. The molecule has 0 radical (unpaired) electrons. The molecular weight excluding hydrogens is 256 g/mol. The van der Waals surface area contributed by atoms with E-state index < -0.39 is 5.97 Å². The third-order valence-electron chi connectivity index (χ3n) is 3.65. The van der Waals surface area contributed by atoms with E-state index in [1.54, 1.807) is 11.9 Å². The predicted octanol–water partition coefficient (Wildman–Crippen LogP) is 1.20. The summed E-state index contributed by atoms with van der Waals surface area (Å²) in [6.07, 6.45) is 0.580. The summed E-state index contributed by atoms with van der Waals surface area (Å²) in [6.45, 7) is 1.91. The van der Waals surface area contributed by atoms with E-state index in [-0.39, 0.29) is 18.2 Å². The average Bonchev–Trinajstić information content (AvgIpc) is 2.45. The molecule has 1 heterocycles. The molecule has 0 aromatic heterocycles. The lowest BCUT2D eigenvalue weighted by Gasteiger charge is -2.29. The molecule has 1 aliphatic rings. The number of hydrogen-bond donors (Lipinski definition) is 2. The van der Waals surface area contributed by atoms with Gasteiger partial charge in [-0.2, -0.15) is 0 Å². The van der Waals surface area contributed by atoms with Crippen LogP contribution < -0.4 is 5.32 Å². The summed E-state index contributed by atoms with van der Waals surface area (Å²) in [5.74, 6) is -0.944. The molecule has 108 valence electrons. The first-order valence-electron chi connectivity index (χ1n) is 6.85. The molecule has 1 atom stereocenters. The number of nitrogens with one attached hydrogen (secondary N) is 1. The second-order valence-corrected chi connectivity index (χ2v) is 5.14. The number of nitrogens with zero attached hydrogens (tertiary/aromatic N) is 1. The Hall–Kier alpha value is -1.88. The first-order valence-corrected chi connectivity index (χ1v) is 6.85. The summed E-state index contributed by atoms with van der Waals surface area (Å²) < 4.78 is 0. The van der Waals surface area contributed by atoms with Gasteiger partial charge in [0.2, 0.25) is 5.91 Å². The van der Waals surface area contributed by atoms with Crippen LogP contribution in [-0.2, 0) is 16.1 Å². The van der Waals surface area contributed by atoms with Crippen molar-refractivity contribution in [2.24, 2.45) is 0 Å². The van der Waals surface area contributed by atoms with E-state index >= 15 is 0 Å². The Morgan fingerprint density at radius 3 is 2.90 bits per heavy atom. The minimum absolute atomic E-state index is 0.0510. The number of hydrogen-bond acceptors (Lipinski definition) is 3. The third kappa shape index (κ3) is 3.36. The molecule has 0 aliphatic carbocycles. The largest absolute Gasteiger partial charge is 0.481 e. The molecule has 1 amide bonds. The number of benzene rings is 1. The van der Waals surface area contributed by atoms with Crippen molar-refractivity contribution in [3.8, 4) is 0 Å². The fraction of sp³-hybridized carbons (Fsp3) is 0.467. The van der Waals surface area contributed by atoms with Crippen LogP contribution in [0, 0.1) is 0 Å². The first kappa shape index (κ1) is 14.5. The van der Waals surface area contributed by atoms with Crippen LogP contribution in [0.3, 0.4) is 0 Å². The van der Waals surface area contributed by atoms with Crippen LogP contribution in [0.4, 0.5) is 0 Å². The Kier molecular flexibility index (Phi) is 4.74. The zero-order valence-electron chi connectivity index (χ0n) is 11.6. The summed E-state index contributed by atoms with van der Waals surface area (Å²) in [5.41, 5.74) is 2.25. The van der Waals surface area contributed by atoms with E-state index in [0.29, 0.717) is 19.5 Å². The molecule has 20 heavy (non-hydrogen) atoms. The zero-order valence-corrected chi connectivity index (χ0v) is 11.6. The second-order valence-electron chi connectivity index (χ2n) is 5.14. The van der Waals surface area contributed by atoms with Crippen molar-refractivity contribution in [1.82, 2.24) is 10.2 Å². The highest BCUT2D eigenvalue weighted by Crippen LogP contribution is 2.25. The topological polar surface area (TPSA) is 69.6 Å². The van der Waals surface area contributed by atoms with Crippen LogP contribution in [-0.4, -0.2) is 42.0 Å². The maximum atomic E-state index is 12.5. The van der Waals surface area contributed by atoms with Gasteiger partial charge in [0.25, 0.3) is 0 Å². The minimum atomic E-state index is -0.824. The Morgan fingerprint density at radius 2 is 2.15 bits per heavy atom. The van der Waals surface area contributed by atoms with Crippen molar-refractivity contribution in [2.45, 2.75) is 25.3 Å². The van der Waals surface area contributed by atoms with Gasteiger partial charge in [-0.05, 0) is 17.5 Å². The fourth-order valence-electron chi connectivity index (χ4n) is 2.56. The van der Waals surface area contributed by atoms with Gasteiger partial charge in [0.05, 0.1) is 5.92 Å². The summed E-state index contributed by atoms with van der Waals surface area (Å²) in [5, 5.41) is 11.9. The van der Waals surface area contributed by atoms with Gasteiger partial charge in [-0.3, -0.25) is 9.59 Å². The summed E-state index contributed by atoms with van der Waals surface area (Å²) >= 11 is 0. The lowest BCUT2D eigenvalue weighted by Crippen LogP contribution is -2.40. The van der Waals surface area contributed by atoms with Gasteiger partial charge in [-0.1, -0.05) is 24.3 Å². The van der Waals surface area contributed by atoms with Gasteiger partial charge in [0, 0.05) is 33.1 Å². The van der Waals surface area contributed by atoms with E-state index in [1.807, 2.05) is 24.3 Å². The molecular formula is C15H20N2O3. The van der Waals surface area contributed by atoms with E-state index in [2.05, 4.69) is 5.32 Å². The van der Waals surface area contributed by atoms with Crippen molar-refractivity contribution in [2.75, 3.05) is 20.1 Å². The van der Waals surface area contributed by atoms with E-state index in [9.17, 15) is 9.59 Å². The van der Waals surface area contributed by atoms with Crippen LogP contribution in [0.5, 0.6) is 0 Å². The van der Waals surface area contributed by atoms with Gasteiger partial charge < -0.3 is 15.3 Å². The van der Waals surface area contributed by atoms with Crippen molar-refractivity contribution < 1.29 is 14.7 Å². The van der Waals surface area contributed by atoms with Crippen molar-refractivity contribution in [3.63, 3.8) is 0 Å². The van der Waals surface area contributed by atoms with Gasteiger partial charge >= 0.3 is 5.97 Å². The molecule has 5 nitrogen and oxygen atoms in total. The molecule has 2 rings (SSSR count). The highest BCUT2D eigenvalue weighted by molar-refractivity contribution is 5.84. The zero-order chi connectivity index (χ0) is 14.5. The Bertz CT molecular complexity index is 502. The van der Waals surface area contributed by atoms with E-state index in [1.165, 1.54) is 0 Å². The number of amides is 1. The summed E-state index contributed by atoms with van der Waals surface area (Å²) in [7, 11) is 1.74. The molecule has 0 bridgehead atoms. The van der Waals surface area contributed by atoms with Gasteiger partial charge in [-0.15, -0.1) is 0 Å². The predicted molar refractivity (Wildman–Crippen MR) is 75.4 cm³/mol. The molecule has 0 spiro atoms. The number of carbonyl (C=O) groups is 2. The monoisotopic (exact) mass is 276 g/mol. The van der Waals surface area contributed by atoms with Gasteiger partial charge in [0.15, 0.2) is 0 Å². The quantitative estimate of drug-likeness (QED) is 0.847. The minimum Gasteiger partial charge on any atom is -0.481 e. The maximum absolute atomic E-state index is 12.5.